The fourth-order valence-corrected chi connectivity index (χ4v) is 2.34. The maximum Gasteiger partial charge on any atom is -0.0225 e. The lowest BCUT2D eigenvalue weighted by molar-refractivity contribution is 0.333. The maximum absolute atomic E-state index is 2.38. The molecule has 0 nitrogen and oxygen atoms in total. The van der Waals surface area contributed by atoms with Crippen molar-refractivity contribution in [3.63, 3.8) is 0 Å². The Morgan fingerprint density at radius 2 is 1.60 bits per heavy atom. The van der Waals surface area contributed by atoms with E-state index in [1.54, 1.807) is 11.1 Å². The molecule has 0 unspecified atom stereocenters. The summed E-state index contributed by atoms with van der Waals surface area (Å²) in [6.45, 7) is 8.77. The summed E-state index contributed by atoms with van der Waals surface area (Å²) >= 11 is 0. The van der Waals surface area contributed by atoms with E-state index in [1.165, 1.54) is 25.7 Å². The highest BCUT2D eigenvalue weighted by molar-refractivity contribution is 5.29. The van der Waals surface area contributed by atoms with Gasteiger partial charge in [0.15, 0.2) is 0 Å². The predicted molar refractivity (Wildman–Crippen MR) is 68.2 cm³/mol. The van der Waals surface area contributed by atoms with E-state index in [2.05, 4.69) is 38.1 Å². The minimum atomic E-state index is 0.507. The van der Waals surface area contributed by atoms with Crippen LogP contribution in [0.3, 0.4) is 0 Å². The molecule has 0 aromatic heterocycles. The van der Waals surface area contributed by atoms with E-state index in [0.717, 1.165) is 0 Å². The highest BCUT2D eigenvalue weighted by Gasteiger charge is 2.22. The summed E-state index contributed by atoms with van der Waals surface area (Å²) in [5.74, 6) is 0. The molecule has 0 saturated carbocycles. The molecule has 1 aliphatic rings. The Labute approximate surface area is 94.7 Å². The molecule has 0 aliphatic heterocycles. The van der Waals surface area contributed by atoms with Crippen LogP contribution in [0.15, 0.2) is 24.3 Å². The molecule has 1 aromatic rings. The molecule has 0 heteroatoms. The van der Waals surface area contributed by atoms with Gasteiger partial charge in [-0.3, -0.25) is 0 Å². The molecule has 0 radical (unpaired) electrons. The Morgan fingerprint density at radius 3 is 2.27 bits per heavy atom. The van der Waals surface area contributed by atoms with Gasteiger partial charge in [-0.1, -0.05) is 52.0 Å². The minimum Gasteiger partial charge on any atom is -0.0683 e. The molecule has 0 fully saturated rings. The first kappa shape index (κ1) is 12.3. The monoisotopic (exact) mass is 204 g/mol. The van der Waals surface area contributed by atoms with E-state index < -0.39 is 0 Å². The quantitative estimate of drug-likeness (QED) is 0.541. The van der Waals surface area contributed by atoms with Gasteiger partial charge in [0, 0.05) is 0 Å². The molecule has 1 aliphatic carbocycles. The van der Waals surface area contributed by atoms with Gasteiger partial charge in [-0.15, -0.1) is 0 Å². The summed E-state index contributed by atoms with van der Waals surface area (Å²) in [5.41, 5.74) is 3.66. The van der Waals surface area contributed by atoms with Crippen molar-refractivity contribution in [3.05, 3.63) is 35.4 Å². The van der Waals surface area contributed by atoms with Crippen LogP contribution < -0.4 is 0 Å². The molecule has 2 rings (SSSR count). The molecular formula is C15H24. The number of fused-ring (bicyclic) bond motifs is 1. The van der Waals surface area contributed by atoms with Crippen LogP contribution in [0.5, 0.6) is 0 Å². The first-order valence-corrected chi connectivity index (χ1v) is 6.24. The van der Waals surface area contributed by atoms with Crippen molar-refractivity contribution in [2.24, 2.45) is 5.41 Å². The van der Waals surface area contributed by atoms with Crippen LogP contribution in [-0.2, 0) is 12.8 Å². The van der Waals surface area contributed by atoms with Crippen molar-refractivity contribution in [2.75, 3.05) is 0 Å². The van der Waals surface area contributed by atoms with E-state index in [4.69, 9.17) is 0 Å². The SMILES string of the molecule is CC.CC1(C)CCCc2ccccc2C1. The number of rotatable bonds is 0. The molecule has 0 heterocycles. The van der Waals surface area contributed by atoms with Gasteiger partial charge in [0.25, 0.3) is 0 Å². The van der Waals surface area contributed by atoms with Gasteiger partial charge in [0.1, 0.15) is 0 Å². The van der Waals surface area contributed by atoms with Crippen LogP contribution in [0.25, 0.3) is 0 Å². The third-order valence-corrected chi connectivity index (χ3v) is 3.09. The second kappa shape index (κ2) is 5.34. The third kappa shape index (κ3) is 3.37. The second-order valence-corrected chi connectivity index (χ2v) is 4.96. The zero-order valence-electron chi connectivity index (χ0n) is 10.6. The summed E-state index contributed by atoms with van der Waals surface area (Å²) in [5, 5.41) is 0. The van der Waals surface area contributed by atoms with E-state index in [-0.39, 0.29) is 0 Å². The second-order valence-electron chi connectivity index (χ2n) is 4.96. The Kier molecular flexibility index (Phi) is 4.38. The van der Waals surface area contributed by atoms with Crippen LogP contribution in [-0.4, -0.2) is 0 Å². The number of benzene rings is 1. The van der Waals surface area contributed by atoms with Crippen molar-refractivity contribution < 1.29 is 0 Å². The van der Waals surface area contributed by atoms with Crippen LogP contribution in [0.1, 0.15) is 51.7 Å². The van der Waals surface area contributed by atoms with Crippen molar-refractivity contribution in [1.82, 2.24) is 0 Å². The molecule has 0 atom stereocenters. The van der Waals surface area contributed by atoms with Gasteiger partial charge in [0.05, 0.1) is 0 Å². The Hall–Kier alpha value is -0.780. The van der Waals surface area contributed by atoms with Crippen molar-refractivity contribution >= 4 is 0 Å². The molecule has 15 heavy (non-hydrogen) atoms. The first-order valence-electron chi connectivity index (χ1n) is 6.24. The van der Waals surface area contributed by atoms with Gasteiger partial charge in [-0.25, -0.2) is 0 Å². The van der Waals surface area contributed by atoms with E-state index in [9.17, 15) is 0 Å². The van der Waals surface area contributed by atoms with Gasteiger partial charge >= 0.3 is 0 Å². The van der Waals surface area contributed by atoms with Crippen LogP contribution in [0, 0.1) is 5.41 Å². The zero-order valence-corrected chi connectivity index (χ0v) is 10.6. The summed E-state index contributed by atoms with van der Waals surface area (Å²) in [7, 11) is 0. The Morgan fingerprint density at radius 1 is 1.00 bits per heavy atom. The molecule has 0 bridgehead atoms. The lowest BCUT2D eigenvalue weighted by Gasteiger charge is -2.22. The maximum atomic E-state index is 2.38. The topological polar surface area (TPSA) is 0 Å². The largest absolute Gasteiger partial charge is 0.0683 e. The third-order valence-electron chi connectivity index (χ3n) is 3.09. The average Bonchev–Trinajstić information content (AvgIpc) is 2.37. The predicted octanol–water partition coefficient (Wildman–Crippen LogP) is 4.62. The van der Waals surface area contributed by atoms with Crippen LogP contribution in [0.2, 0.25) is 0 Å². The molecule has 84 valence electrons. The smallest absolute Gasteiger partial charge is 0.0225 e. The van der Waals surface area contributed by atoms with E-state index in [0.29, 0.717) is 5.41 Å². The number of hydrogen-bond donors (Lipinski definition) is 0. The van der Waals surface area contributed by atoms with Gasteiger partial charge in [0.2, 0.25) is 0 Å². The minimum absolute atomic E-state index is 0.507. The van der Waals surface area contributed by atoms with Gasteiger partial charge in [-0.05, 0) is 42.2 Å². The summed E-state index contributed by atoms with van der Waals surface area (Å²) in [6, 6.07) is 8.91. The van der Waals surface area contributed by atoms with Gasteiger partial charge in [-0.2, -0.15) is 0 Å². The van der Waals surface area contributed by atoms with Crippen molar-refractivity contribution in [2.45, 2.75) is 53.4 Å². The van der Waals surface area contributed by atoms with E-state index in [1.807, 2.05) is 13.8 Å². The highest BCUT2D eigenvalue weighted by Crippen LogP contribution is 2.33. The summed E-state index contributed by atoms with van der Waals surface area (Å²) < 4.78 is 0. The lowest BCUT2D eigenvalue weighted by atomic mass is 9.83. The van der Waals surface area contributed by atoms with Crippen LogP contribution >= 0.6 is 0 Å². The summed E-state index contributed by atoms with van der Waals surface area (Å²) in [4.78, 5) is 0. The number of aryl methyl sites for hydroxylation is 1. The Bertz CT molecular complexity index is 297. The van der Waals surface area contributed by atoms with Gasteiger partial charge < -0.3 is 0 Å². The first-order chi connectivity index (χ1) is 7.17. The van der Waals surface area contributed by atoms with Crippen LogP contribution in [0.4, 0.5) is 0 Å². The number of hydrogen-bond acceptors (Lipinski definition) is 0. The summed E-state index contributed by atoms with van der Waals surface area (Å²) in [6.07, 6.45) is 5.24. The van der Waals surface area contributed by atoms with Crippen molar-refractivity contribution in [1.29, 1.82) is 0 Å². The standard InChI is InChI=1S/C13H18.C2H6/c1-13(2)9-5-8-11-6-3-4-7-12(11)10-13;1-2/h3-4,6-7H,5,8-10H2,1-2H3;1-2H3. The normalized spacial score (nSPS) is 18.1. The molecule has 0 amide bonds. The molecular weight excluding hydrogens is 180 g/mol. The zero-order chi connectivity index (χ0) is 11.3. The Balaban J connectivity index is 0.000000531. The molecule has 1 aromatic carbocycles. The molecule has 0 N–H and O–H groups in total. The fraction of sp³-hybridized carbons (Fsp3) is 0.600. The van der Waals surface area contributed by atoms with Crippen molar-refractivity contribution in [3.8, 4) is 0 Å². The molecule has 0 spiro atoms. The van der Waals surface area contributed by atoms with E-state index >= 15 is 0 Å². The highest BCUT2D eigenvalue weighted by atomic mass is 14.3. The average molecular weight is 204 g/mol. The fourth-order valence-electron chi connectivity index (χ4n) is 2.34. The lowest BCUT2D eigenvalue weighted by Crippen LogP contribution is -2.13. The molecule has 0 saturated heterocycles.